The van der Waals surface area contributed by atoms with Crippen molar-refractivity contribution in [3.63, 3.8) is 0 Å². The molecule has 5 heteroatoms. The minimum Gasteiger partial charge on any atom is -0.484 e. The van der Waals surface area contributed by atoms with E-state index in [9.17, 15) is 4.79 Å². The van der Waals surface area contributed by atoms with Gasteiger partial charge in [-0.2, -0.15) is 0 Å². The second kappa shape index (κ2) is 12.8. The Kier molecular flexibility index (Phi) is 9.42. The van der Waals surface area contributed by atoms with E-state index in [4.69, 9.17) is 9.72 Å². The number of amides is 1. The van der Waals surface area contributed by atoms with Crippen LogP contribution in [-0.4, -0.2) is 28.6 Å². The molecule has 1 aromatic heterocycles. The normalized spacial score (nSPS) is 11.0. The number of benzene rings is 2. The molecule has 5 nitrogen and oxygen atoms in total. The molecule has 1 amide bonds. The molecule has 0 fully saturated rings. The lowest BCUT2D eigenvalue weighted by molar-refractivity contribution is -0.123. The van der Waals surface area contributed by atoms with E-state index < -0.39 is 0 Å². The van der Waals surface area contributed by atoms with E-state index in [1.165, 1.54) is 37.0 Å². The Labute approximate surface area is 185 Å². The van der Waals surface area contributed by atoms with E-state index in [-0.39, 0.29) is 12.5 Å². The number of aryl methyl sites for hydroxylation is 2. The van der Waals surface area contributed by atoms with Gasteiger partial charge in [-0.05, 0) is 43.5 Å². The van der Waals surface area contributed by atoms with Gasteiger partial charge < -0.3 is 14.6 Å². The highest BCUT2D eigenvalue weighted by Crippen LogP contribution is 2.19. The van der Waals surface area contributed by atoms with Crippen LogP contribution in [-0.2, 0) is 17.8 Å². The van der Waals surface area contributed by atoms with Crippen LogP contribution < -0.4 is 10.1 Å². The maximum Gasteiger partial charge on any atom is 0.257 e. The highest BCUT2D eigenvalue weighted by atomic mass is 16.5. The molecule has 0 bridgehead atoms. The summed E-state index contributed by atoms with van der Waals surface area (Å²) in [6, 6.07) is 17.9. The van der Waals surface area contributed by atoms with Crippen molar-refractivity contribution in [2.24, 2.45) is 0 Å². The number of unbranched alkanes of at least 4 members (excludes halogenated alkanes) is 5. The van der Waals surface area contributed by atoms with E-state index >= 15 is 0 Å². The Hall–Kier alpha value is -2.82. The van der Waals surface area contributed by atoms with Crippen molar-refractivity contribution < 1.29 is 9.53 Å². The van der Waals surface area contributed by atoms with Crippen LogP contribution in [0, 0.1) is 0 Å². The third kappa shape index (κ3) is 7.42. The summed E-state index contributed by atoms with van der Waals surface area (Å²) < 4.78 is 7.88. The zero-order valence-corrected chi connectivity index (χ0v) is 18.7. The number of rotatable bonds is 14. The molecule has 0 radical (unpaired) electrons. The molecule has 1 heterocycles. The van der Waals surface area contributed by atoms with E-state index in [0.29, 0.717) is 6.54 Å². The van der Waals surface area contributed by atoms with Crippen LogP contribution in [0.15, 0.2) is 54.6 Å². The molecule has 0 unspecified atom stereocenters. The van der Waals surface area contributed by atoms with Gasteiger partial charge in [-0.15, -0.1) is 0 Å². The van der Waals surface area contributed by atoms with Crippen LogP contribution in [0.5, 0.6) is 5.75 Å². The zero-order valence-electron chi connectivity index (χ0n) is 18.7. The minimum atomic E-state index is -0.0716. The summed E-state index contributed by atoms with van der Waals surface area (Å²) in [6.07, 6.45) is 9.12. The summed E-state index contributed by atoms with van der Waals surface area (Å²) in [6.45, 7) is 4.04. The van der Waals surface area contributed by atoms with Gasteiger partial charge in [0.25, 0.3) is 5.91 Å². The lowest BCUT2D eigenvalue weighted by Gasteiger charge is -2.10. The van der Waals surface area contributed by atoms with Gasteiger partial charge in [0.2, 0.25) is 0 Å². The van der Waals surface area contributed by atoms with Crippen LogP contribution in [0.2, 0.25) is 0 Å². The van der Waals surface area contributed by atoms with Gasteiger partial charge in [0.15, 0.2) is 6.61 Å². The summed E-state index contributed by atoms with van der Waals surface area (Å²) in [7, 11) is 0. The first-order valence-corrected chi connectivity index (χ1v) is 11.7. The number of nitrogens with zero attached hydrogens (tertiary/aromatic N) is 2. The van der Waals surface area contributed by atoms with Crippen LogP contribution in [0.3, 0.4) is 0 Å². The maximum absolute atomic E-state index is 11.9. The van der Waals surface area contributed by atoms with Gasteiger partial charge >= 0.3 is 0 Å². The number of carbonyl (C=O) groups is 1. The number of imidazole rings is 1. The maximum atomic E-state index is 11.9. The molecule has 0 aliphatic rings. The number of fused-ring (bicyclic) bond motifs is 1. The summed E-state index contributed by atoms with van der Waals surface area (Å²) >= 11 is 0. The van der Waals surface area contributed by atoms with E-state index in [1.807, 2.05) is 30.3 Å². The molecule has 0 aliphatic carbocycles. The van der Waals surface area contributed by atoms with Crippen LogP contribution in [0.4, 0.5) is 0 Å². The third-order valence-electron chi connectivity index (χ3n) is 5.48. The number of nitrogens with one attached hydrogen (secondary N) is 1. The summed E-state index contributed by atoms with van der Waals surface area (Å²) in [4.78, 5) is 16.8. The fraction of sp³-hybridized carbons (Fsp3) is 0.462. The van der Waals surface area contributed by atoms with Gasteiger partial charge in [0.05, 0.1) is 11.0 Å². The SMILES string of the molecule is CCCCCCn1c(CCCCCNC(=O)COc2ccccc2)nc2ccccc21. The molecule has 3 aromatic rings. The van der Waals surface area contributed by atoms with Gasteiger partial charge in [-0.25, -0.2) is 4.98 Å². The molecule has 0 saturated carbocycles. The predicted octanol–water partition coefficient (Wildman–Crippen LogP) is 5.52. The second-order valence-corrected chi connectivity index (χ2v) is 7.99. The number of hydrogen-bond acceptors (Lipinski definition) is 3. The van der Waals surface area contributed by atoms with Crippen molar-refractivity contribution in [3.8, 4) is 5.75 Å². The molecule has 0 saturated heterocycles. The second-order valence-electron chi connectivity index (χ2n) is 7.99. The van der Waals surface area contributed by atoms with Crippen molar-refractivity contribution in [2.45, 2.75) is 64.8 Å². The molecule has 166 valence electrons. The van der Waals surface area contributed by atoms with Crippen LogP contribution in [0.1, 0.15) is 57.7 Å². The molecule has 0 spiro atoms. The molecular weight excluding hydrogens is 386 g/mol. The Bertz CT molecular complexity index is 921. The van der Waals surface area contributed by atoms with Crippen molar-refractivity contribution in [1.82, 2.24) is 14.9 Å². The molecule has 1 N–H and O–H groups in total. The molecule has 0 aliphatic heterocycles. The standard InChI is InChI=1S/C26H35N3O2/c1-2-3-4-13-20-29-24-17-11-10-16-23(24)28-25(29)18-9-6-12-19-27-26(30)21-31-22-14-7-5-8-15-22/h5,7-8,10-11,14-17H,2-4,6,9,12-13,18-21H2,1H3,(H,27,30). The van der Waals surface area contributed by atoms with E-state index in [0.717, 1.165) is 43.5 Å². The number of carbonyl (C=O) groups excluding carboxylic acids is 1. The topological polar surface area (TPSA) is 56.2 Å². The molecule has 3 rings (SSSR count). The monoisotopic (exact) mass is 421 g/mol. The Morgan fingerprint density at radius 3 is 2.55 bits per heavy atom. The first-order chi connectivity index (χ1) is 15.3. The average molecular weight is 422 g/mol. The smallest absolute Gasteiger partial charge is 0.257 e. The first kappa shape index (κ1) is 22.9. The Balaban J connectivity index is 1.37. The Morgan fingerprint density at radius 1 is 0.935 bits per heavy atom. The molecule has 2 aromatic carbocycles. The van der Waals surface area contributed by atoms with Gasteiger partial charge in [-0.3, -0.25) is 4.79 Å². The average Bonchev–Trinajstić information content (AvgIpc) is 3.15. The largest absolute Gasteiger partial charge is 0.484 e. The highest BCUT2D eigenvalue weighted by molar-refractivity contribution is 5.77. The van der Waals surface area contributed by atoms with Crippen LogP contribution >= 0.6 is 0 Å². The summed E-state index contributed by atoms with van der Waals surface area (Å²) in [5.41, 5.74) is 2.35. The van der Waals surface area contributed by atoms with Gasteiger partial charge in [0, 0.05) is 19.5 Å². The van der Waals surface area contributed by atoms with Gasteiger partial charge in [-0.1, -0.05) is 62.9 Å². The number of para-hydroxylation sites is 3. The summed E-state index contributed by atoms with van der Waals surface area (Å²) in [5, 5.41) is 2.94. The van der Waals surface area contributed by atoms with E-state index in [1.54, 1.807) is 0 Å². The van der Waals surface area contributed by atoms with Gasteiger partial charge in [0.1, 0.15) is 11.6 Å². The fourth-order valence-corrected chi connectivity index (χ4v) is 3.79. The zero-order chi connectivity index (χ0) is 21.7. The van der Waals surface area contributed by atoms with E-state index in [2.05, 4.69) is 41.1 Å². The van der Waals surface area contributed by atoms with Crippen molar-refractivity contribution >= 4 is 16.9 Å². The minimum absolute atomic E-state index is 0.0616. The van der Waals surface area contributed by atoms with Crippen molar-refractivity contribution in [1.29, 1.82) is 0 Å². The Morgan fingerprint density at radius 2 is 1.71 bits per heavy atom. The summed E-state index contributed by atoms with van der Waals surface area (Å²) in [5.74, 6) is 1.84. The molecular formula is C26H35N3O2. The number of ether oxygens (including phenoxy) is 1. The van der Waals surface area contributed by atoms with Crippen molar-refractivity contribution in [2.75, 3.05) is 13.2 Å². The first-order valence-electron chi connectivity index (χ1n) is 11.7. The molecule has 31 heavy (non-hydrogen) atoms. The molecule has 0 atom stereocenters. The number of aromatic nitrogens is 2. The fourth-order valence-electron chi connectivity index (χ4n) is 3.79. The van der Waals surface area contributed by atoms with Crippen molar-refractivity contribution in [3.05, 3.63) is 60.4 Å². The lowest BCUT2D eigenvalue weighted by Crippen LogP contribution is -2.29. The highest BCUT2D eigenvalue weighted by Gasteiger charge is 2.10. The van der Waals surface area contributed by atoms with Crippen LogP contribution in [0.25, 0.3) is 11.0 Å². The third-order valence-corrected chi connectivity index (χ3v) is 5.48. The quantitative estimate of drug-likeness (QED) is 0.349. The lowest BCUT2D eigenvalue weighted by atomic mass is 10.1. The predicted molar refractivity (Wildman–Crippen MR) is 126 cm³/mol. The number of hydrogen-bond donors (Lipinski definition) is 1.